The van der Waals surface area contributed by atoms with Gasteiger partial charge in [0.25, 0.3) is 0 Å². The van der Waals surface area contributed by atoms with Crippen molar-refractivity contribution in [2.45, 2.75) is 18.3 Å². The fraction of sp³-hybridized carbons (Fsp3) is 0.0508. The Hall–Kier alpha value is -7.68. The van der Waals surface area contributed by atoms with E-state index in [0.717, 1.165) is 63.0 Å². The van der Waals surface area contributed by atoms with Gasteiger partial charge in [-0.25, -0.2) is 0 Å². The molecule has 1 aromatic heterocycles. The molecule has 0 bridgehead atoms. The normalized spacial score (nSPS) is 16.0. The fourth-order valence-corrected chi connectivity index (χ4v) is 11.0. The van der Waals surface area contributed by atoms with E-state index in [1.54, 1.807) is 0 Å². The molecule has 1 atom stereocenters. The summed E-state index contributed by atoms with van der Waals surface area (Å²) in [6.07, 6.45) is 6.86. The number of hydrogen-bond donors (Lipinski definition) is 0. The summed E-state index contributed by atoms with van der Waals surface area (Å²) in [5, 5.41) is 4.61. The zero-order valence-corrected chi connectivity index (χ0v) is 33.5. The number of allylic oxidation sites excluding steroid dienone is 4. The van der Waals surface area contributed by atoms with Crippen molar-refractivity contribution >= 4 is 55.3 Å². The Labute approximate surface area is 355 Å². The van der Waals surface area contributed by atoms with Crippen molar-refractivity contribution < 1.29 is 4.42 Å². The van der Waals surface area contributed by atoms with E-state index in [1.807, 2.05) is 0 Å². The molecule has 0 radical (unpaired) electrons. The number of hydrogen-bond acceptors (Lipinski definition) is 2. The van der Waals surface area contributed by atoms with Crippen molar-refractivity contribution in [2.24, 2.45) is 0 Å². The van der Waals surface area contributed by atoms with E-state index >= 15 is 0 Å². The number of para-hydroxylation sites is 2. The molecule has 0 aliphatic heterocycles. The first kappa shape index (κ1) is 34.2. The van der Waals surface area contributed by atoms with E-state index in [0.29, 0.717) is 0 Å². The minimum Gasteiger partial charge on any atom is -0.453 e. The van der Waals surface area contributed by atoms with Gasteiger partial charge in [-0.2, -0.15) is 0 Å². The van der Waals surface area contributed by atoms with Crippen LogP contribution in [-0.2, 0) is 5.41 Å². The van der Waals surface area contributed by atoms with Gasteiger partial charge >= 0.3 is 0 Å². The number of benzene rings is 9. The van der Waals surface area contributed by atoms with Crippen molar-refractivity contribution in [3.05, 3.63) is 240 Å². The quantitative estimate of drug-likeness (QED) is 0.173. The van der Waals surface area contributed by atoms with Crippen LogP contribution in [0.2, 0.25) is 0 Å². The van der Waals surface area contributed by atoms with Crippen LogP contribution in [0.5, 0.6) is 0 Å². The Morgan fingerprint density at radius 2 is 1.08 bits per heavy atom. The minimum absolute atomic E-state index is 0.295. The number of nitrogens with zero attached hydrogens (tertiary/aromatic N) is 1. The molecule has 1 heterocycles. The maximum atomic E-state index is 7.00. The maximum absolute atomic E-state index is 7.00. The van der Waals surface area contributed by atoms with Gasteiger partial charge in [0.1, 0.15) is 5.58 Å². The van der Waals surface area contributed by atoms with Crippen LogP contribution in [0.4, 0.5) is 17.1 Å². The van der Waals surface area contributed by atoms with Crippen LogP contribution < -0.4 is 4.90 Å². The lowest BCUT2D eigenvalue weighted by Gasteiger charge is -2.33. The molecule has 286 valence electrons. The zero-order chi connectivity index (χ0) is 40.1. The van der Waals surface area contributed by atoms with Gasteiger partial charge in [-0.15, -0.1) is 0 Å². The second kappa shape index (κ2) is 13.2. The Morgan fingerprint density at radius 3 is 1.93 bits per heavy atom. The molecule has 2 nitrogen and oxygen atoms in total. The molecule has 3 aliphatic carbocycles. The van der Waals surface area contributed by atoms with E-state index in [2.05, 4.69) is 217 Å². The first-order chi connectivity index (χ1) is 30.3. The Kier molecular flexibility index (Phi) is 7.38. The van der Waals surface area contributed by atoms with Crippen LogP contribution in [0.1, 0.15) is 35.1 Å². The highest BCUT2D eigenvalue weighted by Crippen LogP contribution is 2.64. The van der Waals surface area contributed by atoms with Gasteiger partial charge in [0, 0.05) is 27.7 Å². The summed E-state index contributed by atoms with van der Waals surface area (Å²) in [4.78, 5) is 2.36. The van der Waals surface area contributed by atoms with Gasteiger partial charge in [-0.1, -0.05) is 176 Å². The summed E-state index contributed by atoms with van der Waals surface area (Å²) in [5.74, 6) is 0. The van der Waals surface area contributed by atoms with Crippen LogP contribution in [0.3, 0.4) is 0 Å². The van der Waals surface area contributed by atoms with Gasteiger partial charge < -0.3 is 9.32 Å². The number of rotatable bonds is 5. The first-order valence-corrected chi connectivity index (χ1v) is 21.4. The highest BCUT2D eigenvalue weighted by Gasteiger charge is 2.52. The maximum Gasteiger partial charge on any atom is 0.159 e. The standard InChI is InChI=1S/C59H39NO/c1-2-15-40(16-3-1)45-21-12-22-50-51-23-13-27-56(58(51)61-57(45)50)60(44-34-30-38-14-4-5-17-41(38)36-44)43-32-28-39(29-33-43)42-31-35-49-48-20-8-11-26-54(48)59(55(49)37-42)52-24-9-6-18-46(52)47-19-7-10-25-53(47)59/h1-9,11-24,26-37H,10,25H2. The molecule has 10 aromatic rings. The van der Waals surface area contributed by atoms with Crippen molar-refractivity contribution in [1.82, 2.24) is 0 Å². The molecule has 1 unspecified atom stereocenters. The molecule has 0 fully saturated rings. The fourth-order valence-electron chi connectivity index (χ4n) is 11.0. The SMILES string of the molecule is C1=CC2=C(CC1)C1(c3ccccc32)c2ccccc2-c2ccc(-c3ccc(N(c4ccc5ccccc5c4)c4cccc5c4oc4c(-c6ccccc6)cccc45)cc3)cc21. The molecule has 9 aromatic carbocycles. The molecule has 0 saturated heterocycles. The summed E-state index contributed by atoms with van der Waals surface area (Å²) in [6, 6.07) is 73.4. The lowest BCUT2D eigenvalue weighted by atomic mass is 9.68. The van der Waals surface area contributed by atoms with Crippen molar-refractivity contribution in [3.63, 3.8) is 0 Å². The van der Waals surface area contributed by atoms with E-state index in [-0.39, 0.29) is 5.41 Å². The molecule has 2 heteroatoms. The largest absolute Gasteiger partial charge is 0.453 e. The minimum atomic E-state index is -0.295. The predicted octanol–water partition coefficient (Wildman–Crippen LogP) is 16.0. The van der Waals surface area contributed by atoms with Crippen LogP contribution in [0.15, 0.2) is 222 Å². The Morgan fingerprint density at radius 1 is 0.426 bits per heavy atom. The van der Waals surface area contributed by atoms with Gasteiger partial charge in [-0.05, 0) is 121 Å². The smallest absolute Gasteiger partial charge is 0.159 e. The summed E-state index contributed by atoms with van der Waals surface area (Å²) in [7, 11) is 0. The zero-order valence-electron chi connectivity index (χ0n) is 33.5. The predicted molar refractivity (Wildman–Crippen MR) is 254 cm³/mol. The van der Waals surface area contributed by atoms with Crippen molar-refractivity contribution in [1.29, 1.82) is 0 Å². The summed E-state index contributed by atoms with van der Waals surface area (Å²) >= 11 is 0. The van der Waals surface area contributed by atoms with Gasteiger partial charge in [0.2, 0.25) is 0 Å². The topological polar surface area (TPSA) is 16.4 Å². The molecule has 61 heavy (non-hydrogen) atoms. The van der Waals surface area contributed by atoms with Gasteiger partial charge in [-0.3, -0.25) is 0 Å². The molecular weight excluding hydrogens is 739 g/mol. The third kappa shape index (κ3) is 4.91. The van der Waals surface area contributed by atoms with Crippen molar-refractivity contribution in [3.8, 4) is 33.4 Å². The Bertz CT molecular complexity index is 3480. The highest BCUT2D eigenvalue weighted by atomic mass is 16.3. The van der Waals surface area contributed by atoms with E-state index < -0.39 is 0 Å². The van der Waals surface area contributed by atoms with Crippen LogP contribution in [-0.4, -0.2) is 0 Å². The van der Waals surface area contributed by atoms with Crippen LogP contribution >= 0.6 is 0 Å². The molecule has 13 rings (SSSR count). The molecule has 0 N–H and O–H groups in total. The molecule has 1 spiro atoms. The average Bonchev–Trinajstić information content (AvgIpc) is 3.97. The molecular formula is C59H39NO. The molecule has 0 amide bonds. The molecule has 0 saturated carbocycles. The number of fused-ring (bicyclic) bond motifs is 13. The summed E-state index contributed by atoms with van der Waals surface area (Å²) < 4.78 is 7.00. The number of anilines is 3. The van der Waals surface area contributed by atoms with Crippen molar-refractivity contribution in [2.75, 3.05) is 4.90 Å². The third-order valence-electron chi connectivity index (χ3n) is 13.6. The van der Waals surface area contributed by atoms with E-state index in [9.17, 15) is 0 Å². The second-order valence-electron chi connectivity index (χ2n) is 16.7. The van der Waals surface area contributed by atoms with Crippen LogP contribution in [0.25, 0.3) is 71.7 Å². The highest BCUT2D eigenvalue weighted by molar-refractivity contribution is 6.13. The summed E-state index contributed by atoms with van der Waals surface area (Å²) in [6.45, 7) is 0. The van der Waals surface area contributed by atoms with Gasteiger partial charge in [0.15, 0.2) is 5.58 Å². The van der Waals surface area contributed by atoms with E-state index in [1.165, 1.54) is 66.4 Å². The average molecular weight is 778 g/mol. The third-order valence-corrected chi connectivity index (χ3v) is 13.6. The lowest BCUT2D eigenvalue weighted by Crippen LogP contribution is -2.27. The second-order valence-corrected chi connectivity index (χ2v) is 16.7. The van der Waals surface area contributed by atoms with Crippen LogP contribution in [0, 0.1) is 0 Å². The summed E-state index contributed by atoms with van der Waals surface area (Å²) in [5.41, 5.74) is 20.5. The monoisotopic (exact) mass is 777 g/mol. The Balaban J connectivity index is 0.972. The van der Waals surface area contributed by atoms with E-state index in [4.69, 9.17) is 4.42 Å². The number of furan rings is 1. The first-order valence-electron chi connectivity index (χ1n) is 21.4. The molecule has 3 aliphatic rings. The van der Waals surface area contributed by atoms with Gasteiger partial charge in [0.05, 0.1) is 11.1 Å². The lowest BCUT2D eigenvalue weighted by molar-refractivity contribution is 0.670.